The number of imide groups is 1. The zero-order valence-electron chi connectivity index (χ0n) is 29.8. The molecule has 0 aliphatic carbocycles. The molecule has 12 nitrogen and oxygen atoms in total. The van der Waals surface area contributed by atoms with Crippen molar-refractivity contribution in [2.24, 2.45) is 10.9 Å². The Bertz CT molecular complexity index is 1700. The number of ether oxygens (including phenoxy) is 2. The number of rotatable bonds is 11. The number of nitrogens with two attached hydrogens (primary N) is 1. The van der Waals surface area contributed by atoms with Crippen molar-refractivity contribution in [1.29, 1.82) is 0 Å². The normalized spacial score (nSPS) is 21.1. The van der Waals surface area contributed by atoms with Crippen molar-refractivity contribution < 1.29 is 34.1 Å². The van der Waals surface area contributed by atoms with Crippen LogP contribution in [0.4, 0.5) is 4.79 Å². The Morgan fingerprint density at radius 1 is 1.14 bits per heavy atom. The molecule has 3 unspecified atom stereocenters. The molecule has 3 aliphatic heterocycles. The first-order valence-electron chi connectivity index (χ1n) is 17.4. The fourth-order valence-electron chi connectivity index (χ4n) is 6.35. The van der Waals surface area contributed by atoms with Gasteiger partial charge >= 0.3 is 0 Å². The van der Waals surface area contributed by atoms with E-state index in [0.29, 0.717) is 30.9 Å². The molecule has 3 aliphatic rings. The van der Waals surface area contributed by atoms with Crippen LogP contribution >= 0.6 is 11.8 Å². The summed E-state index contributed by atoms with van der Waals surface area (Å²) >= 11 is 1.04. The molecule has 0 saturated carbocycles. The van der Waals surface area contributed by atoms with E-state index in [9.17, 15) is 19.8 Å². The number of aromatic hydroxyl groups is 1. The molecular weight excluding hydrogens is 671 g/mol. The molecule has 0 spiro atoms. The van der Waals surface area contributed by atoms with Crippen molar-refractivity contribution in [3.8, 4) is 17.2 Å². The molecule has 4 heterocycles. The number of phenolic OH excluding ortho intramolecular Hbond substituents is 1. The number of thioether (sulfide) groups is 1. The maximum absolute atomic E-state index is 11.7. The molecule has 0 bridgehead atoms. The quantitative estimate of drug-likeness (QED) is 0.120. The van der Waals surface area contributed by atoms with Crippen LogP contribution in [0.1, 0.15) is 66.0 Å². The molecule has 1 aromatic heterocycles. The maximum atomic E-state index is 11.7. The minimum atomic E-state index is -0.543. The predicted molar refractivity (Wildman–Crippen MR) is 197 cm³/mol. The predicted octanol–water partition coefficient (Wildman–Crippen LogP) is 4.94. The third kappa shape index (κ3) is 10.1. The van der Waals surface area contributed by atoms with Crippen LogP contribution in [0.3, 0.4) is 0 Å². The van der Waals surface area contributed by atoms with Crippen molar-refractivity contribution >= 4 is 28.7 Å². The number of fused-ring (bicyclic) bond motifs is 1. The SMILES string of the molecule is Cc1c(C)c2c(c(C)c1O)CCC(C)(COc1ccc(CC3SC(=O)NC3=O)cc1)O2.N/C(=N\OCC(O)CN1CCCCC1)c1cccnc1. The van der Waals surface area contributed by atoms with Crippen LogP contribution in [0.25, 0.3) is 0 Å². The van der Waals surface area contributed by atoms with Gasteiger partial charge in [-0.05, 0) is 119 Å². The number of nitrogens with zero attached hydrogens (tertiary/aromatic N) is 3. The average molecular weight is 720 g/mol. The number of aliphatic hydroxyl groups excluding tert-OH is 1. The van der Waals surface area contributed by atoms with Crippen LogP contribution in [0.5, 0.6) is 17.2 Å². The zero-order valence-corrected chi connectivity index (χ0v) is 30.6. The van der Waals surface area contributed by atoms with E-state index in [1.807, 2.05) is 52.0 Å². The number of nitrogens with one attached hydrogen (secondary N) is 1. The molecule has 2 saturated heterocycles. The molecule has 2 amide bonds. The van der Waals surface area contributed by atoms with Gasteiger partial charge in [-0.2, -0.15) is 0 Å². The fraction of sp³-hybridized carbons (Fsp3) is 0.474. The molecule has 6 rings (SSSR count). The number of phenols is 1. The topological polar surface area (TPSA) is 169 Å². The molecular formula is C38H49N5O7S. The number of likely N-dealkylation sites (tertiary alicyclic amines) is 1. The van der Waals surface area contributed by atoms with Gasteiger partial charge in [-0.1, -0.05) is 35.5 Å². The Kier molecular flexibility index (Phi) is 12.8. The third-order valence-electron chi connectivity index (χ3n) is 9.55. The van der Waals surface area contributed by atoms with Gasteiger partial charge in [-0.3, -0.25) is 19.9 Å². The van der Waals surface area contributed by atoms with Crippen molar-refractivity contribution in [2.45, 2.75) is 83.2 Å². The number of carbonyl (C=O) groups is 2. The van der Waals surface area contributed by atoms with Crippen LogP contribution in [0.2, 0.25) is 0 Å². The second-order valence-corrected chi connectivity index (χ2v) is 14.8. The maximum Gasteiger partial charge on any atom is 0.286 e. The Balaban J connectivity index is 0.000000218. The van der Waals surface area contributed by atoms with Gasteiger partial charge in [0.2, 0.25) is 5.91 Å². The minimum Gasteiger partial charge on any atom is -0.507 e. The number of oxime groups is 1. The lowest BCUT2D eigenvalue weighted by molar-refractivity contribution is -0.118. The van der Waals surface area contributed by atoms with Crippen LogP contribution in [-0.4, -0.2) is 86.9 Å². The molecule has 51 heavy (non-hydrogen) atoms. The molecule has 3 aromatic rings. The number of amidine groups is 1. The van der Waals surface area contributed by atoms with Gasteiger partial charge in [0.05, 0.1) is 5.25 Å². The summed E-state index contributed by atoms with van der Waals surface area (Å²) in [6.45, 7) is 11.2. The summed E-state index contributed by atoms with van der Waals surface area (Å²) in [5.74, 6) is 1.99. The summed E-state index contributed by atoms with van der Waals surface area (Å²) in [6.07, 6.45) is 8.57. The smallest absolute Gasteiger partial charge is 0.286 e. The lowest BCUT2D eigenvalue weighted by Gasteiger charge is -2.37. The number of β-amino-alcohol motifs (C(OH)–C–C–N with tert-alkyl or cyclic N) is 1. The average Bonchev–Trinajstić information content (AvgIpc) is 3.45. The number of amides is 2. The van der Waals surface area contributed by atoms with Gasteiger partial charge in [0, 0.05) is 30.1 Å². The Morgan fingerprint density at radius 2 is 1.88 bits per heavy atom. The highest BCUT2D eigenvalue weighted by atomic mass is 32.2. The van der Waals surface area contributed by atoms with Crippen LogP contribution in [0, 0.1) is 20.8 Å². The Labute approximate surface area is 303 Å². The van der Waals surface area contributed by atoms with Gasteiger partial charge in [-0.25, -0.2) is 0 Å². The second-order valence-electron chi connectivity index (χ2n) is 13.6. The Morgan fingerprint density at radius 3 is 2.55 bits per heavy atom. The summed E-state index contributed by atoms with van der Waals surface area (Å²) < 4.78 is 12.4. The van der Waals surface area contributed by atoms with E-state index in [0.717, 1.165) is 77.0 Å². The van der Waals surface area contributed by atoms with E-state index < -0.39 is 11.7 Å². The van der Waals surface area contributed by atoms with E-state index in [-0.39, 0.29) is 28.8 Å². The summed E-state index contributed by atoms with van der Waals surface area (Å²) in [6, 6.07) is 11.2. The number of aromatic nitrogens is 1. The number of hydrogen-bond donors (Lipinski definition) is 4. The third-order valence-corrected chi connectivity index (χ3v) is 10.5. The number of piperidine rings is 1. The van der Waals surface area contributed by atoms with Crippen molar-refractivity contribution in [2.75, 3.05) is 32.8 Å². The highest BCUT2D eigenvalue weighted by molar-refractivity contribution is 8.15. The van der Waals surface area contributed by atoms with Crippen molar-refractivity contribution in [3.05, 3.63) is 82.2 Å². The van der Waals surface area contributed by atoms with E-state index in [1.54, 1.807) is 24.5 Å². The van der Waals surface area contributed by atoms with Crippen molar-refractivity contribution in [1.82, 2.24) is 15.2 Å². The summed E-state index contributed by atoms with van der Waals surface area (Å²) in [5, 5.41) is 25.7. The van der Waals surface area contributed by atoms with E-state index in [1.165, 1.54) is 19.3 Å². The lowest BCUT2D eigenvalue weighted by atomic mass is 9.87. The largest absolute Gasteiger partial charge is 0.507 e. The summed E-state index contributed by atoms with van der Waals surface area (Å²) in [4.78, 5) is 34.4. The monoisotopic (exact) mass is 719 g/mol. The highest BCUT2D eigenvalue weighted by Gasteiger charge is 2.36. The van der Waals surface area contributed by atoms with Crippen LogP contribution < -0.4 is 20.5 Å². The molecule has 2 aromatic carbocycles. The number of aliphatic hydroxyl groups is 1. The lowest BCUT2D eigenvalue weighted by Crippen LogP contribution is -2.42. The first kappa shape index (κ1) is 37.9. The highest BCUT2D eigenvalue weighted by Crippen LogP contribution is 2.43. The van der Waals surface area contributed by atoms with E-state index >= 15 is 0 Å². The van der Waals surface area contributed by atoms with Crippen molar-refractivity contribution in [3.63, 3.8) is 0 Å². The Hall–Kier alpha value is -4.33. The molecule has 274 valence electrons. The molecule has 0 radical (unpaired) electrons. The summed E-state index contributed by atoms with van der Waals surface area (Å²) in [5.41, 5.74) is 10.8. The minimum absolute atomic E-state index is 0.150. The molecule has 3 atom stereocenters. The van der Waals surface area contributed by atoms with Gasteiger partial charge in [-0.15, -0.1) is 0 Å². The fourth-order valence-corrected chi connectivity index (χ4v) is 7.21. The van der Waals surface area contributed by atoms with Gasteiger partial charge < -0.3 is 35.2 Å². The van der Waals surface area contributed by atoms with E-state index in [4.69, 9.17) is 20.0 Å². The number of pyridine rings is 1. The van der Waals surface area contributed by atoms with Gasteiger partial charge in [0.15, 0.2) is 5.84 Å². The molecule has 13 heteroatoms. The second kappa shape index (κ2) is 17.3. The van der Waals surface area contributed by atoms with Gasteiger partial charge in [0.25, 0.3) is 5.24 Å². The standard InChI is InChI=1S/C24H27NO5S.C14H22N4O2/c1-13-14(2)21-18(15(3)20(13)26)9-10-24(4,30-21)12-29-17-7-5-16(6-8-17)11-19-22(27)25-23(28)31-19;15-14(12-5-4-6-16-9-12)17-20-11-13(19)10-18-7-2-1-3-8-18/h5-8,19,26H,9-12H2,1-4H3,(H,25,27,28);4-6,9,13,19H,1-3,7-8,10-11H2,(H2,15,17). The van der Waals surface area contributed by atoms with Gasteiger partial charge in [0.1, 0.15) is 42.2 Å². The number of carbonyl (C=O) groups excluding carboxylic acids is 2. The first-order chi connectivity index (χ1) is 24.4. The number of hydrogen-bond acceptors (Lipinski definition) is 11. The zero-order chi connectivity index (χ0) is 36.5. The molecule has 2 fully saturated rings. The number of benzene rings is 2. The molecule has 5 N–H and O–H groups in total. The summed E-state index contributed by atoms with van der Waals surface area (Å²) in [7, 11) is 0. The first-order valence-corrected chi connectivity index (χ1v) is 18.3. The van der Waals surface area contributed by atoms with Crippen LogP contribution in [0.15, 0.2) is 53.9 Å². The van der Waals surface area contributed by atoms with Crippen LogP contribution in [-0.2, 0) is 22.5 Å². The van der Waals surface area contributed by atoms with E-state index in [2.05, 4.69) is 20.4 Å².